The van der Waals surface area contributed by atoms with Gasteiger partial charge in [-0.05, 0) is 69.6 Å². The normalized spacial score (nSPS) is 46.6. The molecule has 1 saturated carbocycles. The van der Waals surface area contributed by atoms with E-state index in [9.17, 15) is 10.2 Å². The van der Waals surface area contributed by atoms with Gasteiger partial charge in [0.1, 0.15) is 0 Å². The maximum Gasteiger partial charge on any atom is 0.0668 e. The van der Waals surface area contributed by atoms with E-state index in [-0.39, 0.29) is 17.6 Å². The minimum atomic E-state index is -0.167. The van der Waals surface area contributed by atoms with Crippen LogP contribution >= 0.6 is 0 Å². The Hall–Kier alpha value is -0.600. The van der Waals surface area contributed by atoms with E-state index in [2.05, 4.69) is 20.8 Å². The zero-order valence-electron chi connectivity index (χ0n) is 14.9. The molecule has 4 rings (SSSR count). The van der Waals surface area contributed by atoms with Crippen LogP contribution in [0.2, 0.25) is 0 Å². The number of hydrogen-bond acceptors (Lipinski definition) is 2. The van der Waals surface area contributed by atoms with E-state index in [4.69, 9.17) is 0 Å². The second kappa shape index (κ2) is 5.46. The van der Waals surface area contributed by atoms with Crippen LogP contribution in [0.5, 0.6) is 0 Å². The minimum Gasteiger partial charge on any atom is -0.393 e. The Bertz CT molecular complexity index is 572. The van der Waals surface area contributed by atoms with Gasteiger partial charge >= 0.3 is 0 Å². The quantitative estimate of drug-likeness (QED) is 0.705. The zero-order chi connectivity index (χ0) is 16.4. The zero-order valence-corrected chi connectivity index (χ0v) is 14.9. The van der Waals surface area contributed by atoms with Gasteiger partial charge in [0.15, 0.2) is 0 Å². The lowest BCUT2D eigenvalue weighted by Crippen LogP contribution is -2.45. The van der Waals surface area contributed by atoms with Crippen molar-refractivity contribution in [1.82, 2.24) is 0 Å². The third-order valence-electron chi connectivity index (χ3n) is 7.72. The lowest BCUT2D eigenvalue weighted by Gasteiger charge is -2.52. The van der Waals surface area contributed by atoms with Gasteiger partial charge in [-0.2, -0.15) is 0 Å². The Kier molecular flexibility index (Phi) is 3.77. The van der Waals surface area contributed by atoms with Crippen LogP contribution in [0.15, 0.2) is 22.3 Å². The molecule has 2 N–H and O–H groups in total. The van der Waals surface area contributed by atoms with Crippen LogP contribution < -0.4 is 0 Å². The van der Waals surface area contributed by atoms with Gasteiger partial charge in [0.2, 0.25) is 0 Å². The molecule has 4 aliphatic carbocycles. The molecule has 0 aliphatic heterocycles. The Balaban J connectivity index is 1.78. The summed E-state index contributed by atoms with van der Waals surface area (Å²) in [6.07, 6.45) is 8.38. The molecule has 0 bridgehead atoms. The first-order valence-electron chi connectivity index (χ1n) is 9.72. The second-order valence-electron chi connectivity index (χ2n) is 8.90. The highest BCUT2D eigenvalue weighted by molar-refractivity contribution is 5.40. The lowest BCUT2D eigenvalue weighted by atomic mass is 9.53. The molecule has 128 valence electrons. The van der Waals surface area contributed by atoms with Crippen LogP contribution in [0.25, 0.3) is 0 Å². The van der Waals surface area contributed by atoms with Crippen LogP contribution in [-0.2, 0) is 0 Å². The fourth-order valence-electron chi connectivity index (χ4n) is 6.57. The average Bonchev–Trinajstić information content (AvgIpc) is 2.75. The number of aliphatic hydroxyl groups is 2. The van der Waals surface area contributed by atoms with Gasteiger partial charge in [-0.15, -0.1) is 0 Å². The first-order chi connectivity index (χ1) is 11.0. The Morgan fingerprint density at radius 3 is 2.65 bits per heavy atom. The fraction of sp³-hybridized carbons (Fsp3) is 0.810. The predicted molar refractivity (Wildman–Crippen MR) is 92.9 cm³/mol. The van der Waals surface area contributed by atoms with Crippen LogP contribution in [0.3, 0.4) is 0 Å². The number of allylic oxidation sites excluding steroid dienone is 1. The summed E-state index contributed by atoms with van der Waals surface area (Å²) in [5.41, 5.74) is 6.44. The molecule has 0 aromatic heterocycles. The minimum absolute atomic E-state index is 0.0327. The standard InChI is InChI=1S/C21H32O2/c1-4-13-10-14-11-15(22)5-6-16(14)17-7-8-21(3)18(23)9-12(2)20(21)19(13)17/h13,15,17-19,22-23H,4-11H2,1-3H3/t13-,15-,17-,18+,19-,21-/m1/s1. The maximum absolute atomic E-state index is 10.7. The van der Waals surface area contributed by atoms with Gasteiger partial charge in [0.25, 0.3) is 0 Å². The van der Waals surface area contributed by atoms with E-state index in [1.807, 2.05) is 0 Å². The van der Waals surface area contributed by atoms with E-state index >= 15 is 0 Å². The maximum atomic E-state index is 10.7. The average molecular weight is 316 g/mol. The van der Waals surface area contributed by atoms with Crippen molar-refractivity contribution in [3.63, 3.8) is 0 Å². The Labute approximate surface area is 140 Å². The number of hydrogen-bond donors (Lipinski definition) is 2. The monoisotopic (exact) mass is 316 g/mol. The molecule has 23 heavy (non-hydrogen) atoms. The predicted octanol–water partition coefficient (Wildman–Crippen LogP) is 4.37. The lowest BCUT2D eigenvalue weighted by molar-refractivity contribution is 0.0299. The van der Waals surface area contributed by atoms with Crippen molar-refractivity contribution in [1.29, 1.82) is 0 Å². The first kappa shape index (κ1) is 15.9. The van der Waals surface area contributed by atoms with Crippen molar-refractivity contribution < 1.29 is 10.2 Å². The summed E-state index contributed by atoms with van der Waals surface area (Å²) < 4.78 is 0. The SMILES string of the molecule is CC[C@@H]1CC2=C(CC[C@@H](O)C2)[C@H]2CC[C@@]3(C)C(=C(C)C[C@@H]3O)[C@H]12. The molecule has 6 atom stereocenters. The van der Waals surface area contributed by atoms with E-state index in [1.165, 1.54) is 24.8 Å². The summed E-state index contributed by atoms with van der Waals surface area (Å²) in [7, 11) is 0. The highest BCUT2D eigenvalue weighted by Crippen LogP contribution is 2.62. The second-order valence-corrected chi connectivity index (χ2v) is 8.90. The highest BCUT2D eigenvalue weighted by Gasteiger charge is 2.54. The third-order valence-corrected chi connectivity index (χ3v) is 7.72. The van der Waals surface area contributed by atoms with Crippen LogP contribution in [0, 0.1) is 23.2 Å². The third kappa shape index (κ3) is 2.21. The summed E-state index contributed by atoms with van der Waals surface area (Å²) in [5.74, 6) is 2.06. The Morgan fingerprint density at radius 2 is 1.91 bits per heavy atom. The van der Waals surface area contributed by atoms with Crippen molar-refractivity contribution in [2.45, 2.75) is 84.3 Å². The molecule has 1 fully saturated rings. The van der Waals surface area contributed by atoms with E-state index in [1.54, 1.807) is 16.7 Å². The molecular weight excluding hydrogens is 284 g/mol. The van der Waals surface area contributed by atoms with E-state index in [0.29, 0.717) is 17.8 Å². The van der Waals surface area contributed by atoms with E-state index in [0.717, 1.165) is 32.1 Å². The molecule has 0 heterocycles. The van der Waals surface area contributed by atoms with Gasteiger partial charge in [-0.1, -0.05) is 42.6 Å². The van der Waals surface area contributed by atoms with Crippen LogP contribution in [0.1, 0.15) is 72.1 Å². The van der Waals surface area contributed by atoms with Crippen LogP contribution in [0.4, 0.5) is 0 Å². The van der Waals surface area contributed by atoms with E-state index < -0.39 is 0 Å². The summed E-state index contributed by atoms with van der Waals surface area (Å²) >= 11 is 0. The van der Waals surface area contributed by atoms with Crippen molar-refractivity contribution >= 4 is 0 Å². The molecular formula is C21H32O2. The van der Waals surface area contributed by atoms with Gasteiger partial charge in [-0.25, -0.2) is 0 Å². The fourth-order valence-corrected chi connectivity index (χ4v) is 6.57. The van der Waals surface area contributed by atoms with Crippen LogP contribution in [-0.4, -0.2) is 22.4 Å². The topological polar surface area (TPSA) is 40.5 Å². The van der Waals surface area contributed by atoms with Gasteiger partial charge in [0.05, 0.1) is 12.2 Å². The molecule has 2 nitrogen and oxygen atoms in total. The Morgan fingerprint density at radius 1 is 1.13 bits per heavy atom. The molecule has 2 heteroatoms. The molecule has 0 saturated heterocycles. The number of aliphatic hydroxyl groups excluding tert-OH is 2. The number of fused-ring (bicyclic) bond motifs is 4. The van der Waals surface area contributed by atoms with Gasteiger partial charge < -0.3 is 10.2 Å². The summed E-state index contributed by atoms with van der Waals surface area (Å²) in [5, 5.41) is 20.8. The smallest absolute Gasteiger partial charge is 0.0668 e. The molecule has 4 aliphatic rings. The highest BCUT2D eigenvalue weighted by atomic mass is 16.3. The first-order valence-corrected chi connectivity index (χ1v) is 9.72. The van der Waals surface area contributed by atoms with Crippen molar-refractivity contribution in [3.05, 3.63) is 22.3 Å². The van der Waals surface area contributed by atoms with Crippen molar-refractivity contribution in [2.24, 2.45) is 23.2 Å². The molecule has 0 amide bonds. The molecule has 0 spiro atoms. The van der Waals surface area contributed by atoms with Crippen molar-refractivity contribution in [3.8, 4) is 0 Å². The van der Waals surface area contributed by atoms with Gasteiger partial charge in [0, 0.05) is 5.41 Å². The molecule has 0 unspecified atom stereocenters. The largest absolute Gasteiger partial charge is 0.393 e. The van der Waals surface area contributed by atoms with Crippen molar-refractivity contribution in [2.75, 3.05) is 0 Å². The summed E-state index contributed by atoms with van der Waals surface area (Å²) in [4.78, 5) is 0. The molecule has 0 aromatic rings. The van der Waals surface area contributed by atoms with Gasteiger partial charge in [-0.3, -0.25) is 0 Å². The molecule has 0 aromatic carbocycles. The summed E-state index contributed by atoms with van der Waals surface area (Å²) in [6.45, 7) is 6.92. The summed E-state index contributed by atoms with van der Waals surface area (Å²) in [6, 6.07) is 0. The molecule has 0 radical (unpaired) electrons. The number of rotatable bonds is 1.